The molecule has 3 rings (SSSR count). The van der Waals surface area contributed by atoms with E-state index in [1.54, 1.807) is 35.1 Å². The van der Waals surface area contributed by atoms with Gasteiger partial charge in [0, 0.05) is 23.8 Å². The lowest BCUT2D eigenvalue weighted by molar-refractivity contribution is -0.126. The van der Waals surface area contributed by atoms with E-state index in [0.717, 1.165) is 13.1 Å². The summed E-state index contributed by atoms with van der Waals surface area (Å²) in [5, 5.41) is 10.5. The van der Waals surface area contributed by atoms with Crippen molar-refractivity contribution in [3.05, 3.63) is 42.7 Å². The predicted octanol–water partition coefficient (Wildman–Crippen LogP) is 2.17. The molecule has 1 saturated heterocycles. The first-order valence-electron chi connectivity index (χ1n) is 9.08. The summed E-state index contributed by atoms with van der Waals surface area (Å²) in [5.74, 6) is -0.0432. The quantitative estimate of drug-likeness (QED) is 0.628. The van der Waals surface area contributed by atoms with E-state index in [9.17, 15) is 13.2 Å². The van der Waals surface area contributed by atoms with Gasteiger partial charge in [-0.3, -0.25) is 14.2 Å². The van der Waals surface area contributed by atoms with E-state index < -0.39 is 15.6 Å². The summed E-state index contributed by atoms with van der Waals surface area (Å²) in [5.41, 5.74) is 0.365. The molecular weight excluding hydrogens is 402 g/mol. The molecule has 0 radical (unpaired) electrons. The molecule has 154 valence electrons. The van der Waals surface area contributed by atoms with E-state index in [-0.39, 0.29) is 24.1 Å². The highest BCUT2D eigenvalue weighted by Gasteiger charge is 2.42. The Bertz CT molecular complexity index is 863. The second-order valence-electron chi connectivity index (χ2n) is 6.68. The van der Waals surface area contributed by atoms with Crippen LogP contribution in [0.4, 0.5) is 11.4 Å². The molecule has 1 aliphatic rings. The Morgan fingerprint density at radius 3 is 2.43 bits per heavy atom. The number of nitrogens with one attached hydrogen (secondary N) is 3. The maximum Gasteiger partial charge on any atom is 0.252 e. The van der Waals surface area contributed by atoms with Crippen molar-refractivity contribution in [3.63, 3.8) is 0 Å². The van der Waals surface area contributed by atoms with Crippen LogP contribution < -0.4 is 15.4 Å². The predicted molar refractivity (Wildman–Crippen MR) is 112 cm³/mol. The Hall–Kier alpha value is -2.10. The molecule has 28 heavy (non-hydrogen) atoms. The van der Waals surface area contributed by atoms with E-state index in [2.05, 4.69) is 20.5 Å². The molecule has 3 N–H and O–H groups in total. The molecule has 1 fully saturated rings. The Morgan fingerprint density at radius 2 is 1.86 bits per heavy atom. The van der Waals surface area contributed by atoms with Gasteiger partial charge in [-0.1, -0.05) is 6.92 Å². The van der Waals surface area contributed by atoms with Crippen LogP contribution in [0, 0.1) is 0 Å². The highest BCUT2D eigenvalue weighted by atomic mass is 35.5. The first kappa shape index (κ1) is 22.2. The summed E-state index contributed by atoms with van der Waals surface area (Å²) in [6, 6.07) is 8.49. The second kappa shape index (κ2) is 9.40. The van der Waals surface area contributed by atoms with Crippen molar-refractivity contribution < 1.29 is 13.2 Å². The van der Waals surface area contributed by atoms with Crippen molar-refractivity contribution in [2.75, 3.05) is 28.9 Å². The number of amides is 1. The third-order valence-corrected chi connectivity index (χ3v) is 6.18. The maximum absolute atomic E-state index is 13.1. The molecule has 1 aromatic carbocycles. The summed E-state index contributed by atoms with van der Waals surface area (Å²) in [4.78, 5) is 13.1. The minimum absolute atomic E-state index is 0. The van der Waals surface area contributed by atoms with Gasteiger partial charge in [0.15, 0.2) is 0 Å². The first-order valence-corrected chi connectivity index (χ1v) is 10.7. The highest BCUT2D eigenvalue weighted by Crippen LogP contribution is 2.29. The number of nitrogens with zero attached hydrogens (tertiary/aromatic N) is 2. The molecule has 10 heteroatoms. The molecule has 0 saturated carbocycles. The lowest BCUT2D eigenvalue weighted by Gasteiger charge is -2.36. The molecule has 0 unspecified atom stereocenters. The van der Waals surface area contributed by atoms with Gasteiger partial charge < -0.3 is 10.6 Å². The molecule has 0 atom stereocenters. The van der Waals surface area contributed by atoms with Crippen LogP contribution in [0.15, 0.2) is 42.7 Å². The van der Waals surface area contributed by atoms with Crippen molar-refractivity contribution in [1.29, 1.82) is 0 Å². The minimum Gasteiger partial charge on any atom is -0.324 e. The summed E-state index contributed by atoms with van der Waals surface area (Å²) < 4.78 is 28.0. The zero-order valence-electron chi connectivity index (χ0n) is 15.7. The Morgan fingerprint density at radius 1 is 1.21 bits per heavy atom. The average Bonchev–Trinajstić information content (AvgIpc) is 3.19. The SMILES string of the molecule is CCCS(=O)(=O)Nc1ccc(NC(=O)C2(n3cccn3)CCNCC2)cc1.Cl. The van der Waals surface area contributed by atoms with Crippen LogP contribution in [0.5, 0.6) is 0 Å². The van der Waals surface area contributed by atoms with E-state index in [1.807, 2.05) is 19.2 Å². The second-order valence-corrected chi connectivity index (χ2v) is 8.53. The van der Waals surface area contributed by atoms with Gasteiger partial charge in [-0.25, -0.2) is 8.42 Å². The standard InChI is InChI=1S/C18H25N5O3S.ClH/c1-2-14-27(25,26)22-16-6-4-15(5-7-16)21-17(24)18(8-11-19-12-9-18)23-13-3-10-20-23;/h3-7,10,13,19,22H,2,8-9,11-12,14H2,1H3,(H,21,24);1H. The maximum atomic E-state index is 13.1. The van der Waals surface area contributed by atoms with Gasteiger partial charge >= 0.3 is 0 Å². The van der Waals surface area contributed by atoms with Crippen molar-refractivity contribution in [2.24, 2.45) is 0 Å². The lowest BCUT2D eigenvalue weighted by Crippen LogP contribution is -2.52. The number of piperidine rings is 1. The Kier molecular flexibility index (Phi) is 7.45. The van der Waals surface area contributed by atoms with E-state index in [1.165, 1.54) is 0 Å². The van der Waals surface area contributed by atoms with Gasteiger partial charge in [0.1, 0.15) is 5.54 Å². The number of benzene rings is 1. The van der Waals surface area contributed by atoms with Gasteiger partial charge in [-0.05, 0) is 62.7 Å². The topological polar surface area (TPSA) is 105 Å². The number of carbonyl (C=O) groups is 1. The normalized spacial score (nSPS) is 16.0. The molecule has 2 heterocycles. The molecule has 1 aliphatic heterocycles. The van der Waals surface area contributed by atoms with Crippen molar-refractivity contribution >= 4 is 39.7 Å². The van der Waals surface area contributed by atoms with Gasteiger partial charge in [0.25, 0.3) is 5.91 Å². The molecule has 1 amide bonds. The van der Waals surface area contributed by atoms with Crippen LogP contribution in [-0.4, -0.2) is 42.9 Å². The largest absolute Gasteiger partial charge is 0.324 e. The number of sulfonamides is 1. The van der Waals surface area contributed by atoms with Crippen LogP contribution in [-0.2, 0) is 20.4 Å². The number of halogens is 1. The number of carbonyl (C=O) groups excluding carboxylic acids is 1. The summed E-state index contributed by atoms with van der Waals surface area (Å²) in [6.45, 7) is 3.30. The van der Waals surface area contributed by atoms with Crippen LogP contribution >= 0.6 is 12.4 Å². The van der Waals surface area contributed by atoms with Crippen LogP contribution in [0.2, 0.25) is 0 Å². The Balaban J connectivity index is 0.00000280. The number of anilines is 2. The monoisotopic (exact) mass is 427 g/mol. The van der Waals surface area contributed by atoms with Gasteiger partial charge in [-0.2, -0.15) is 5.10 Å². The molecule has 0 aliphatic carbocycles. The van der Waals surface area contributed by atoms with Gasteiger partial charge in [0.05, 0.1) is 5.75 Å². The molecule has 8 nitrogen and oxygen atoms in total. The average molecular weight is 428 g/mol. The summed E-state index contributed by atoms with van der Waals surface area (Å²) in [6.07, 6.45) is 5.34. The number of hydrogen-bond acceptors (Lipinski definition) is 5. The zero-order chi connectivity index (χ0) is 19.3. The van der Waals surface area contributed by atoms with E-state index in [0.29, 0.717) is 30.6 Å². The lowest BCUT2D eigenvalue weighted by atomic mass is 9.87. The van der Waals surface area contributed by atoms with Crippen LogP contribution in [0.3, 0.4) is 0 Å². The number of aromatic nitrogens is 2. The third kappa shape index (κ3) is 5.03. The van der Waals surface area contributed by atoms with Gasteiger partial charge in [0.2, 0.25) is 10.0 Å². The third-order valence-electron chi connectivity index (χ3n) is 4.69. The van der Waals surface area contributed by atoms with Crippen molar-refractivity contribution in [2.45, 2.75) is 31.7 Å². The van der Waals surface area contributed by atoms with Crippen LogP contribution in [0.1, 0.15) is 26.2 Å². The van der Waals surface area contributed by atoms with Gasteiger partial charge in [-0.15, -0.1) is 12.4 Å². The fourth-order valence-electron chi connectivity index (χ4n) is 3.29. The van der Waals surface area contributed by atoms with E-state index >= 15 is 0 Å². The highest BCUT2D eigenvalue weighted by molar-refractivity contribution is 7.92. The fraction of sp³-hybridized carbons (Fsp3) is 0.444. The Labute approximate surface area is 171 Å². The molecular formula is C18H26ClN5O3S. The fourth-order valence-corrected chi connectivity index (χ4v) is 4.43. The molecule has 1 aromatic heterocycles. The van der Waals surface area contributed by atoms with E-state index in [4.69, 9.17) is 0 Å². The van der Waals surface area contributed by atoms with Crippen molar-refractivity contribution in [3.8, 4) is 0 Å². The smallest absolute Gasteiger partial charge is 0.252 e. The molecule has 2 aromatic rings. The summed E-state index contributed by atoms with van der Waals surface area (Å²) in [7, 11) is -3.33. The number of hydrogen-bond donors (Lipinski definition) is 3. The summed E-state index contributed by atoms with van der Waals surface area (Å²) >= 11 is 0. The molecule has 0 bridgehead atoms. The zero-order valence-corrected chi connectivity index (χ0v) is 17.4. The number of rotatable bonds is 7. The van der Waals surface area contributed by atoms with Crippen LogP contribution in [0.25, 0.3) is 0 Å². The first-order chi connectivity index (χ1) is 13.0. The molecule has 0 spiro atoms. The van der Waals surface area contributed by atoms with Crippen molar-refractivity contribution in [1.82, 2.24) is 15.1 Å². The minimum atomic E-state index is -3.33.